The first kappa shape index (κ1) is 20.8. The smallest absolute Gasteiger partial charge is 0.238 e. The predicted octanol–water partition coefficient (Wildman–Crippen LogP) is 2.37. The van der Waals surface area contributed by atoms with E-state index in [0.717, 1.165) is 12.0 Å². The Hall–Kier alpha value is -3.49. The molecule has 9 nitrogen and oxygen atoms in total. The Morgan fingerprint density at radius 3 is 2.81 bits per heavy atom. The third-order valence-corrected chi connectivity index (χ3v) is 5.47. The average molecular weight is 422 g/mol. The maximum atomic E-state index is 12.6. The van der Waals surface area contributed by atoms with Crippen molar-refractivity contribution in [2.75, 3.05) is 44.0 Å². The molecule has 1 unspecified atom stereocenters. The fraction of sp³-hybridized carbons (Fsp3) is 0.409. The predicted molar refractivity (Wildman–Crippen MR) is 118 cm³/mol. The molecule has 1 aromatic heterocycles. The number of aromatic nitrogens is 2. The molecular formula is C22H26N6O3. The lowest BCUT2D eigenvalue weighted by Crippen LogP contribution is -2.31. The highest BCUT2D eigenvalue weighted by Crippen LogP contribution is 2.36. The molecule has 2 aromatic rings. The summed E-state index contributed by atoms with van der Waals surface area (Å²) in [7, 11) is 3.75. The maximum Gasteiger partial charge on any atom is 0.238 e. The Morgan fingerprint density at radius 2 is 1.94 bits per heavy atom. The number of ether oxygens (including phenoxy) is 1. The van der Waals surface area contributed by atoms with Crippen molar-refractivity contribution in [2.45, 2.75) is 25.2 Å². The lowest BCUT2D eigenvalue weighted by atomic mass is 10.0. The van der Waals surface area contributed by atoms with Gasteiger partial charge in [0.2, 0.25) is 11.8 Å². The van der Waals surface area contributed by atoms with Gasteiger partial charge in [-0.15, -0.1) is 0 Å². The van der Waals surface area contributed by atoms with Crippen molar-refractivity contribution in [1.82, 2.24) is 14.9 Å². The maximum absolute atomic E-state index is 12.6. The van der Waals surface area contributed by atoms with Crippen LogP contribution in [0.1, 0.15) is 30.7 Å². The Labute approximate surface area is 181 Å². The van der Waals surface area contributed by atoms with Crippen LogP contribution in [0.25, 0.3) is 0 Å². The molecule has 9 heteroatoms. The normalized spacial score (nSPS) is 19.9. The standard InChI is InChI=1S/C22H26N6O3/c1-27-9-5-10-28(2)21-19-17(22(30)26-20(19)24-14-25-21)13-23-15-6-3-7-16(12-15)31-11-4-8-18(27)29/h3,6-7,12-14,17H,4-5,8-11H2,1-2H3,(H,24,25,26,30). The number of benzene rings is 1. The number of nitrogens with zero attached hydrogens (tertiary/aromatic N) is 5. The van der Waals surface area contributed by atoms with Crippen molar-refractivity contribution in [3.8, 4) is 5.75 Å². The molecule has 2 bridgehead atoms. The minimum atomic E-state index is -0.582. The first-order valence-corrected chi connectivity index (χ1v) is 10.4. The van der Waals surface area contributed by atoms with Gasteiger partial charge in [0, 0.05) is 45.9 Å². The SMILES string of the molecule is CN1CCCN(C)c2ncnc3c2C(C=Nc2cccc(c2)OCCCC1=O)C(=O)N3. The summed E-state index contributed by atoms with van der Waals surface area (Å²) in [4.78, 5) is 41.9. The van der Waals surface area contributed by atoms with Gasteiger partial charge in [0.15, 0.2) is 0 Å². The molecule has 31 heavy (non-hydrogen) atoms. The van der Waals surface area contributed by atoms with Crippen LogP contribution in [0.5, 0.6) is 5.75 Å². The van der Waals surface area contributed by atoms with Crippen molar-refractivity contribution in [2.24, 2.45) is 4.99 Å². The van der Waals surface area contributed by atoms with Crippen LogP contribution >= 0.6 is 0 Å². The number of hydrogen-bond acceptors (Lipinski definition) is 7. The first-order valence-electron chi connectivity index (χ1n) is 10.4. The van der Waals surface area contributed by atoms with E-state index in [4.69, 9.17) is 4.74 Å². The van der Waals surface area contributed by atoms with E-state index in [1.54, 1.807) is 11.1 Å². The summed E-state index contributed by atoms with van der Waals surface area (Å²) in [6.07, 6.45) is 4.95. The van der Waals surface area contributed by atoms with Crippen LogP contribution in [0.15, 0.2) is 35.6 Å². The first-order chi connectivity index (χ1) is 15.0. The van der Waals surface area contributed by atoms with Gasteiger partial charge in [-0.2, -0.15) is 0 Å². The van der Waals surface area contributed by atoms with Crippen LogP contribution in [-0.4, -0.2) is 66.7 Å². The van der Waals surface area contributed by atoms with Gasteiger partial charge in [0.05, 0.1) is 17.9 Å². The lowest BCUT2D eigenvalue weighted by molar-refractivity contribution is -0.130. The molecule has 0 aliphatic carbocycles. The summed E-state index contributed by atoms with van der Waals surface area (Å²) >= 11 is 0. The zero-order valence-corrected chi connectivity index (χ0v) is 17.7. The van der Waals surface area contributed by atoms with E-state index in [-0.39, 0.29) is 11.8 Å². The number of hydrogen-bond donors (Lipinski definition) is 1. The third-order valence-electron chi connectivity index (χ3n) is 5.47. The van der Waals surface area contributed by atoms with Crippen molar-refractivity contribution in [3.63, 3.8) is 0 Å². The van der Waals surface area contributed by atoms with Crippen molar-refractivity contribution in [1.29, 1.82) is 0 Å². The molecule has 0 radical (unpaired) electrons. The largest absolute Gasteiger partial charge is 0.494 e. The van der Waals surface area contributed by atoms with E-state index in [1.807, 2.05) is 43.3 Å². The summed E-state index contributed by atoms with van der Waals surface area (Å²) < 4.78 is 5.78. The Morgan fingerprint density at radius 1 is 1.10 bits per heavy atom. The van der Waals surface area contributed by atoms with Crippen LogP contribution in [0, 0.1) is 0 Å². The number of amides is 2. The molecule has 2 aliphatic heterocycles. The second-order valence-electron chi connectivity index (χ2n) is 7.74. The second-order valence-corrected chi connectivity index (χ2v) is 7.74. The van der Waals surface area contributed by atoms with Gasteiger partial charge in [0.25, 0.3) is 0 Å². The highest BCUT2D eigenvalue weighted by atomic mass is 16.5. The van der Waals surface area contributed by atoms with Crippen LogP contribution in [-0.2, 0) is 9.59 Å². The molecule has 1 aromatic carbocycles. The molecule has 0 saturated carbocycles. The van der Waals surface area contributed by atoms with Gasteiger partial charge in [-0.25, -0.2) is 9.97 Å². The van der Waals surface area contributed by atoms with Gasteiger partial charge in [-0.1, -0.05) is 6.07 Å². The topological polar surface area (TPSA) is 100 Å². The number of aliphatic imine (C=N–C) groups is 1. The van der Waals surface area contributed by atoms with E-state index in [9.17, 15) is 9.59 Å². The average Bonchev–Trinajstić information content (AvgIpc) is 3.09. The highest BCUT2D eigenvalue weighted by molar-refractivity contribution is 6.13. The summed E-state index contributed by atoms with van der Waals surface area (Å²) in [5.41, 5.74) is 1.40. The molecule has 1 N–H and O–H groups in total. The number of fused-ring (bicyclic) bond motifs is 2. The number of nitrogens with one attached hydrogen (secondary N) is 1. The summed E-state index contributed by atoms with van der Waals surface area (Å²) in [6.45, 7) is 1.78. The monoisotopic (exact) mass is 422 g/mol. The number of rotatable bonds is 0. The molecule has 162 valence electrons. The van der Waals surface area contributed by atoms with Gasteiger partial charge >= 0.3 is 0 Å². The van der Waals surface area contributed by atoms with Crippen LogP contribution in [0.4, 0.5) is 17.3 Å². The van der Waals surface area contributed by atoms with E-state index in [1.165, 1.54) is 6.33 Å². The number of carbonyl (C=O) groups excluding carboxylic acids is 2. The third kappa shape index (κ3) is 4.65. The molecule has 2 aliphatic rings. The highest BCUT2D eigenvalue weighted by Gasteiger charge is 2.34. The van der Waals surface area contributed by atoms with E-state index < -0.39 is 5.92 Å². The fourth-order valence-electron chi connectivity index (χ4n) is 3.74. The quantitative estimate of drug-likeness (QED) is 0.700. The van der Waals surface area contributed by atoms with Gasteiger partial charge < -0.3 is 19.9 Å². The van der Waals surface area contributed by atoms with Crippen LogP contribution < -0.4 is 15.0 Å². The Balaban J connectivity index is 1.67. The molecule has 0 spiro atoms. The molecule has 3 heterocycles. The van der Waals surface area contributed by atoms with E-state index >= 15 is 0 Å². The van der Waals surface area contributed by atoms with Crippen molar-refractivity contribution < 1.29 is 14.3 Å². The summed E-state index contributed by atoms with van der Waals surface area (Å²) in [5.74, 6) is 1.21. The minimum Gasteiger partial charge on any atom is -0.494 e. The minimum absolute atomic E-state index is 0.100. The zero-order valence-electron chi connectivity index (χ0n) is 17.7. The fourth-order valence-corrected chi connectivity index (χ4v) is 3.74. The molecule has 0 saturated heterocycles. The van der Waals surface area contributed by atoms with Crippen LogP contribution in [0.2, 0.25) is 0 Å². The Kier molecular flexibility index (Phi) is 6.11. The molecule has 2 amide bonds. The Bertz CT molecular complexity index is 1010. The molecule has 0 fully saturated rings. The van der Waals surface area contributed by atoms with Crippen LogP contribution in [0.3, 0.4) is 0 Å². The van der Waals surface area contributed by atoms with Crippen molar-refractivity contribution >= 4 is 35.4 Å². The van der Waals surface area contributed by atoms with Crippen molar-refractivity contribution in [3.05, 3.63) is 36.2 Å². The van der Waals surface area contributed by atoms with Gasteiger partial charge in [-0.05, 0) is 25.0 Å². The lowest BCUT2D eigenvalue weighted by Gasteiger charge is -2.23. The number of carbonyl (C=O) groups is 2. The number of anilines is 2. The molecule has 4 rings (SSSR count). The summed E-state index contributed by atoms with van der Waals surface area (Å²) in [5, 5.41) is 2.82. The van der Waals surface area contributed by atoms with E-state index in [2.05, 4.69) is 20.3 Å². The van der Waals surface area contributed by atoms with E-state index in [0.29, 0.717) is 55.6 Å². The zero-order chi connectivity index (χ0) is 21.8. The molecule has 1 atom stereocenters. The molecular weight excluding hydrogens is 396 g/mol. The van der Waals surface area contributed by atoms with Gasteiger partial charge in [0.1, 0.15) is 29.6 Å². The summed E-state index contributed by atoms with van der Waals surface area (Å²) in [6, 6.07) is 7.37. The second kappa shape index (κ2) is 9.11. The van der Waals surface area contributed by atoms with Gasteiger partial charge in [-0.3, -0.25) is 14.6 Å².